The number of ether oxygens (including phenoxy) is 1. The number of benzene rings is 1. The largest absolute Gasteiger partial charge is 0.462 e. The molecule has 1 saturated heterocycles. The van der Waals surface area contributed by atoms with Crippen molar-refractivity contribution < 1.29 is 23.6 Å². The van der Waals surface area contributed by atoms with Crippen molar-refractivity contribution in [2.24, 2.45) is 5.92 Å². The third-order valence-corrected chi connectivity index (χ3v) is 4.48. The van der Waals surface area contributed by atoms with Crippen molar-refractivity contribution >= 4 is 23.3 Å². The van der Waals surface area contributed by atoms with E-state index in [2.05, 4.69) is 0 Å². The van der Waals surface area contributed by atoms with Gasteiger partial charge in [-0.25, -0.2) is 0 Å². The van der Waals surface area contributed by atoms with Gasteiger partial charge in [0.15, 0.2) is 0 Å². The monoisotopic (exact) mass is 336 g/mol. The lowest BCUT2D eigenvalue weighted by molar-refractivity contribution is -0.387. The maximum atomic E-state index is 13.4. The number of esters is 1. The molecule has 0 unspecified atom stereocenters. The van der Waals surface area contributed by atoms with Crippen LogP contribution in [0.5, 0.6) is 0 Å². The molecular weight excluding hydrogens is 319 g/mol. The molecule has 0 N–H and O–H groups in total. The third-order valence-electron chi connectivity index (χ3n) is 4.48. The second-order valence-corrected chi connectivity index (χ2v) is 6.14. The van der Waals surface area contributed by atoms with E-state index in [4.69, 9.17) is 4.74 Å². The quantitative estimate of drug-likeness (QED) is 0.479. The molecule has 0 bridgehead atoms. The Kier molecular flexibility index (Phi) is 4.46. The molecule has 0 spiro atoms. The van der Waals surface area contributed by atoms with E-state index in [0.717, 1.165) is 37.8 Å². The van der Waals surface area contributed by atoms with Crippen LogP contribution in [0.25, 0.3) is 0 Å². The fraction of sp³-hybridized carbons (Fsp3) is 0.500. The zero-order valence-electron chi connectivity index (χ0n) is 12.9. The molecule has 1 atom stereocenters. The van der Waals surface area contributed by atoms with Gasteiger partial charge in [-0.1, -0.05) is 0 Å². The first-order chi connectivity index (χ1) is 11.5. The number of carbonyl (C=O) groups excluding carboxylic acids is 2. The molecule has 3 rings (SSSR count). The molecule has 1 aliphatic carbocycles. The summed E-state index contributed by atoms with van der Waals surface area (Å²) in [5, 5.41) is 10.8. The van der Waals surface area contributed by atoms with Crippen molar-refractivity contribution in [3.63, 3.8) is 0 Å². The topological polar surface area (TPSA) is 89.8 Å². The van der Waals surface area contributed by atoms with Gasteiger partial charge >= 0.3 is 11.7 Å². The van der Waals surface area contributed by atoms with Crippen molar-refractivity contribution in [2.75, 3.05) is 11.4 Å². The van der Waals surface area contributed by atoms with Gasteiger partial charge in [-0.3, -0.25) is 19.7 Å². The maximum absolute atomic E-state index is 13.4. The zero-order chi connectivity index (χ0) is 17.3. The van der Waals surface area contributed by atoms with Crippen LogP contribution in [0.2, 0.25) is 0 Å². The molecule has 8 heteroatoms. The van der Waals surface area contributed by atoms with Gasteiger partial charge in [0.1, 0.15) is 6.10 Å². The zero-order valence-corrected chi connectivity index (χ0v) is 12.9. The fourth-order valence-corrected chi connectivity index (χ4v) is 3.19. The molecule has 1 aromatic rings. The van der Waals surface area contributed by atoms with Gasteiger partial charge < -0.3 is 9.64 Å². The standard InChI is InChI=1S/C16H17FN2O5/c17-13-6-5-11(8-14(13)19(22)23)18-9-10(7-15(18)20)16(21)24-12-3-1-2-4-12/h5-6,8,10,12H,1-4,7,9H2/t10-/m0/s1. The van der Waals surface area contributed by atoms with Gasteiger partial charge in [-0.2, -0.15) is 4.39 Å². The summed E-state index contributed by atoms with van der Waals surface area (Å²) in [6.07, 6.45) is 3.69. The number of amides is 1. The van der Waals surface area contributed by atoms with Crippen LogP contribution >= 0.6 is 0 Å². The molecular formula is C16H17FN2O5. The number of hydrogen-bond donors (Lipinski definition) is 0. The summed E-state index contributed by atoms with van der Waals surface area (Å²) >= 11 is 0. The van der Waals surface area contributed by atoms with Crippen LogP contribution in [0.15, 0.2) is 18.2 Å². The van der Waals surface area contributed by atoms with E-state index in [0.29, 0.717) is 0 Å². The Balaban J connectivity index is 1.71. The number of rotatable bonds is 4. The number of nitrogens with zero attached hydrogens (tertiary/aromatic N) is 2. The third kappa shape index (κ3) is 3.22. The average molecular weight is 336 g/mol. The van der Waals surface area contributed by atoms with Gasteiger partial charge in [0.05, 0.1) is 16.5 Å². The first-order valence-electron chi connectivity index (χ1n) is 7.90. The summed E-state index contributed by atoms with van der Waals surface area (Å²) < 4.78 is 18.8. The highest BCUT2D eigenvalue weighted by molar-refractivity contribution is 5.99. The predicted molar refractivity (Wildman–Crippen MR) is 81.9 cm³/mol. The van der Waals surface area contributed by atoms with Crippen molar-refractivity contribution in [2.45, 2.75) is 38.2 Å². The Hall–Kier alpha value is -2.51. The summed E-state index contributed by atoms with van der Waals surface area (Å²) in [4.78, 5) is 35.6. The molecule has 128 valence electrons. The molecule has 1 saturated carbocycles. The van der Waals surface area contributed by atoms with Crippen molar-refractivity contribution in [1.29, 1.82) is 0 Å². The van der Waals surface area contributed by atoms with Crippen LogP contribution < -0.4 is 4.90 Å². The molecule has 24 heavy (non-hydrogen) atoms. The summed E-state index contributed by atoms with van der Waals surface area (Å²) in [5.74, 6) is -2.30. The molecule has 1 aromatic carbocycles. The van der Waals surface area contributed by atoms with Gasteiger partial charge in [0, 0.05) is 19.0 Å². The predicted octanol–water partition coefficient (Wildman–Crippen LogP) is 2.57. The first-order valence-corrected chi connectivity index (χ1v) is 7.90. The van der Waals surface area contributed by atoms with Crippen LogP contribution in [-0.4, -0.2) is 29.4 Å². The van der Waals surface area contributed by atoms with Crippen LogP contribution in [0.4, 0.5) is 15.8 Å². The Bertz CT molecular complexity index is 687. The number of anilines is 1. The highest BCUT2D eigenvalue weighted by Crippen LogP contribution is 2.31. The van der Waals surface area contributed by atoms with E-state index in [1.54, 1.807) is 0 Å². The summed E-state index contributed by atoms with van der Waals surface area (Å²) in [5.41, 5.74) is -0.485. The Labute approximate surface area is 137 Å². The molecule has 7 nitrogen and oxygen atoms in total. The van der Waals surface area contributed by atoms with Gasteiger partial charge in [0.25, 0.3) is 0 Å². The SMILES string of the molecule is O=C(OC1CCCC1)[C@H]1CC(=O)N(c2ccc(F)c([N+](=O)[O-])c2)C1. The summed E-state index contributed by atoms with van der Waals surface area (Å²) in [7, 11) is 0. The lowest BCUT2D eigenvalue weighted by Gasteiger charge is -2.17. The lowest BCUT2D eigenvalue weighted by atomic mass is 10.1. The fourth-order valence-electron chi connectivity index (χ4n) is 3.19. The van der Waals surface area contributed by atoms with Crippen LogP contribution in [0.1, 0.15) is 32.1 Å². The number of nitro benzene ring substituents is 1. The van der Waals surface area contributed by atoms with Crippen LogP contribution in [-0.2, 0) is 14.3 Å². The maximum Gasteiger partial charge on any atom is 0.311 e. The number of hydrogen-bond acceptors (Lipinski definition) is 5. The van der Waals surface area contributed by atoms with E-state index in [-0.39, 0.29) is 30.7 Å². The van der Waals surface area contributed by atoms with Crippen molar-refractivity contribution in [3.05, 3.63) is 34.1 Å². The van der Waals surface area contributed by atoms with E-state index in [1.807, 2.05) is 0 Å². The average Bonchev–Trinajstić information content (AvgIpc) is 3.17. The Morgan fingerprint density at radius 2 is 2.04 bits per heavy atom. The first kappa shape index (κ1) is 16.4. The highest BCUT2D eigenvalue weighted by atomic mass is 19.1. The molecule has 0 radical (unpaired) electrons. The van der Waals surface area contributed by atoms with Gasteiger partial charge in [-0.15, -0.1) is 0 Å². The number of halogens is 1. The number of carbonyl (C=O) groups is 2. The normalized spacial score (nSPS) is 21.3. The Morgan fingerprint density at radius 1 is 1.33 bits per heavy atom. The van der Waals surface area contributed by atoms with E-state index >= 15 is 0 Å². The van der Waals surface area contributed by atoms with Gasteiger partial charge in [0.2, 0.25) is 11.7 Å². The molecule has 1 heterocycles. The van der Waals surface area contributed by atoms with Gasteiger partial charge in [-0.05, 0) is 37.8 Å². The molecule has 2 fully saturated rings. The molecule has 1 amide bonds. The van der Waals surface area contributed by atoms with Crippen LogP contribution in [0.3, 0.4) is 0 Å². The minimum atomic E-state index is -0.965. The smallest absolute Gasteiger partial charge is 0.311 e. The lowest BCUT2D eigenvalue weighted by Crippen LogP contribution is -2.27. The second kappa shape index (κ2) is 6.54. The second-order valence-electron chi connectivity index (χ2n) is 6.14. The van der Waals surface area contributed by atoms with Crippen molar-refractivity contribution in [1.82, 2.24) is 0 Å². The Morgan fingerprint density at radius 3 is 2.71 bits per heavy atom. The van der Waals surface area contributed by atoms with E-state index < -0.39 is 28.3 Å². The summed E-state index contributed by atoms with van der Waals surface area (Å²) in [6, 6.07) is 3.26. The summed E-state index contributed by atoms with van der Waals surface area (Å²) in [6.45, 7) is 0.0904. The minimum absolute atomic E-state index is 0.00325. The van der Waals surface area contributed by atoms with E-state index in [1.165, 1.54) is 11.0 Å². The van der Waals surface area contributed by atoms with Crippen LogP contribution in [0, 0.1) is 21.8 Å². The molecule has 0 aromatic heterocycles. The highest BCUT2D eigenvalue weighted by Gasteiger charge is 2.38. The van der Waals surface area contributed by atoms with Crippen molar-refractivity contribution in [3.8, 4) is 0 Å². The molecule has 1 aliphatic heterocycles. The van der Waals surface area contributed by atoms with E-state index in [9.17, 15) is 24.1 Å². The number of nitro groups is 1. The molecule has 2 aliphatic rings. The minimum Gasteiger partial charge on any atom is -0.462 e.